The number of rotatable bonds is 6. The number of aryl methyl sites for hydroxylation is 1. The van der Waals surface area contributed by atoms with E-state index in [9.17, 15) is 49.1 Å². The molecule has 2 saturated carbocycles. The van der Waals surface area contributed by atoms with Crippen molar-refractivity contribution in [1.82, 2.24) is 38.3 Å². The number of nitriles is 1. The fourth-order valence-electron chi connectivity index (χ4n) is 6.16. The Morgan fingerprint density at radius 2 is 1.28 bits per heavy atom. The van der Waals surface area contributed by atoms with Gasteiger partial charge in [-0.25, -0.2) is 25.9 Å². The molecule has 12 nitrogen and oxygen atoms in total. The van der Waals surface area contributed by atoms with Crippen LogP contribution < -0.4 is 11.1 Å². The Morgan fingerprint density at radius 1 is 0.789 bits per heavy atom. The van der Waals surface area contributed by atoms with Gasteiger partial charge in [0, 0.05) is 41.5 Å². The normalized spacial score (nSPS) is 19.3. The molecule has 0 aromatic carbocycles. The monoisotopic (exact) mass is 880 g/mol. The van der Waals surface area contributed by atoms with Crippen molar-refractivity contribution in [3.05, 3.63) is 111 Å². The van der Waals surface area contributed by atoms with E-state index in [1.165, 1.54) is 21.8 Å². The number of hydrogen-bond acceptors (Lipinski definition) is 9. The molecule has 4 atom stereocenters. The lowest BCUT2D eigenvalue weighted by molar-refractivity contribution is -0.142. The molecule has 0 radical (unpaired) electrons. The summed E-state index contributed by atoms with van der Waals surface area (Å²) in [5, 5.41) is 15.2. The van der Waals surface area contributed by atoms with Crippen LogP contribution in [0, 0.1) is 30.7 Å². The maximum absolute atomic E-state index is 13.5. The van der Waals surface area contributed by atoms with E-state index in [1.807, 2.05) is 13.0 Å². The van der Waals surface area contributed by atoms with E-state index in [-0.39, 0.29) is 74.2 Å². The number of nitrogens with zero attached hydrogens (tertiary/aromatic N) is 10. The lowest BCUT2D eigenvalue weighted by atomic mass is 10.2. The van der Waals surface area contributed by atoms with E-state index in [0.29, 0.717) is 17.4 Å². The molecule has 25 heteroatoms. The van der Waals surface area contributed by atoms with Crippen LogP contribution >= 0.6 is 45.9 Å². The van der Waals surface area contributed by atoms with Gasteiger partial charge in [-0.05, 0) is 13.3 Å². The summed E-state index contributed by atoms with van der Waals surface area (Å²) in [6.07, 6.45) is -13.2. The van der Waals surface area contributed by atoms with Crippen LogP contribution in [-0.4, -0.2) is 44.4 Å². The van der Waals surface area contributed by atoms with Crippen molar-refractivity contribution in [2.45, 2.75) is 69.3 Å². The summed E-state index contributed by atoms with van der Waals surface area (Å²) in [6, 6.07) is 5.28. The quantitative estimate of drug-likeness (QED) is 0.122. The van der Waals surface area contributed by atoms with Crippen LogP contribution in [-0.2, 0) is 31.6 Å². The first kappa shape index (κ1) is 40.2. The summed E-state index contributed by atoms with van der Waals surface area (Å²) < 4.78 is 121. The molecule has 0 aliphatic heterocycles. The van der Waals surface area contributed by atoms with Gasteiger partial charge in [0.1, 0.15) is 15.2 Å². The van der Waals surface area contributed by atoms with Gasteiger partial charge in [0.2, 0.25) is 6.04 Å². The molecule has 0 N–H and O–H groups in total. The van der Waals surface area contributed by atoms with Crippen molar-refractivity contribution >= 4 is 55.8 Å². The Balaban J connectivity index is 0.000000175. The van der Waals surface area contributed by atoms with Gasteiger partial charge in [-0.3, -0.25) is 18.4 Å². The first-order valence-corrected chi connectivity index (χ1v) is 18.5. The largest absolute Gasteiger partial charge is 0.435 e. The minimum absolute atomic E-state index is 0.0245. The van der Waals surface area contributed by atoms with Gasteiger partial charge >= 0.3 is 18.5 Å². The molecule has 0 unspecified atom stereocenters. The van der Waals surface area contributed by atoms with Crippen molar-refractivity contribution in [1.29, 1.82) is 5.26 Å². The fourth-order valence-corrected chi connectivity index (χ4v) is 8.72. The predicted molar refractivity (Wildman–Crippen MR) is 185 cm³/mol. The zero-order valence-corrected chi connectivity index (χ0v) is 31.4. The molecule has 298 valence electrons. The van der Waals surface area contributed by atoms with E-state index in [4.69, 9.17) is 35.0 Å². The van der Waals surface area contributed by atoms with Gasteiger partial charge in [-0.15, -0.1) is 11.3 Å². The van der Waals surface area contributed by atoms with E-state index in [0.717, 1.165) is 36.5 Å². The Morgan fingerprint density at radius 3 is 1.68 bits per heavy atom. The van der Waals surface area contributed by atoms with Gasteiger partial charge in [0.25, 0.3) is 11.1 Å². The highest BCUT2D eigenvalue weighted by molar-refractivity contribution is 7.17. The van der Waals surface area contributed by atoms with Gasteiger partial charge in [0.05, 0.1) is 53.8 Å². The van der Waals surface area contributed by atoms with Crippen molar-refractivity contribution in [2.75, 3.05) is 0 Å². The van der Waals surface area contributed by atoms with Crippen molar-refractivity contribution in [3.63, 3.8) is 0 Å². The lowest BCUT2D eigenvalue weighted by Gasteiger charge is -2.07. The molecule has 2 aliphatic rings. The highest BCUT2D eigenvalue weighted by atomic mass is 35.5. The third-order valence-corrected chi connectivity index (χ3v) is 11.6. The molecular formula is C32H19Cl2F9N10O2S2. The molecule has 0 bridgehead atoms. The summed E-state index contributed by atoms with van der Waals surface area (Å²) in [6.45, 7) is 8.40. The molecule has 6 heterocycles. The second-order valence-electron chi connectivity index (χ2n) is 12.9. The van der Waals surface area contributed by atoms with Gasteiger partial charge < -0.3 is 4.85 Å². The van der Waals surface area contributed by atoms with Crippen molar-refractivity contribution in [2.24, 2.45) is 5.92 Å². The van der Waals surface area contributed by atoms with Crippen molar-refractivity contribution in [3.8, 4) is 6.07 Å². The van der Waals surface area contributed by atoms with Crippen LogP contribution in [0.1, 0.15) is 68.6 Å². The van der Waals surface area contributed by atoms with E-state index in [2.05, 4.69) is 25.0 Å². The maximum atomic E-state index is 13.5. The molecule has 0 amide bonds. The first-order chi connectivity index (χ1) is 26.6. The zero-order chi connectivity index (χ0) is 41.5. The van der Waals surface area contributed by atoms with Crippen LogP contribution in [0.4, 0.5) is 39.5 Å². The Hall–Kier alpha value is -4.97. The summed E-state index contributed by atoms with van der Waals surface area (Å²) in [5.41, 5.74) is -2.86. The molecule has 57 heavy (non-hydrogen) atoms. The van der Waals surface area contributed by atoms with Crippen molar-refractivity contribution < 1.29 is 39.5 Å². The minimum atomic E-state index is -4.75. The summed E-state index contributed by atoms with van der Waals surface area (Å²) >= 11 is 13.1. The number of thiazole rings is 2. The average molecular weight is 882 g/mol. The SMILES string of the molecule is N#C[C@@H]1C[C@@H]1c1c(C(F)(F)F)sc2nc(Cn3nc(C(F)(F)F)cc3Cl)cc(=O)n12.[C-]#[N+][C@H]1C[C@H]1c1c(C)sc2nc(Cn3nc(C(F)(F)F)cc3Cl)cc(=O)n12. The lowest BCUT2D eigenvalue weighted by Crippen LogP contribution is -2.19. The second-order valence-corrected chi connectivity index (χ2v) is 15.8. The molecule has 2 fully saturated rings. The molecule has 6 aromatic heterocycles. The minimum Gasteiger partial charge on any atom is -0.313 e. The van der Waals surface area contributed by atoms with Crippen LogP contribution in [0.15, 0.2) is 33.9 Å². The number of aromatic nitrogens is 8. The molecule has 6 aromatic rings. The van der Waals surface area contributed by atoms with E-state index in [1.54, 1.807) is 0 Å². The molecule has 8 rings (SSSR count). The summed E-state index contributed by atoms with van der Waals surface area (Å²) in [4.78, 5) is 37.1. The third kappa shape index (κ3) is 7.85. The van der Waals surface area contributed by atoms with Crippen LogP contribution in [0.25, 0.3) is 14.8 Å². The summed E-state index contributed by atoms with van der Waals surface area (Å²) in [5.74, 6) is -1.34. The Bertz CT molecular complexity index is 2780. The van der Waals surface area contributed by atoms with Crippen LogP contribution in [0.3, 0.4) is 0 Å². The number of hydrogen-bond donors (Lipinski definition) is 0. The predicted octanol–water partition coefficient (Wildman–Crippen LogP) is 8.08. The summed E-state index contributed by atoms with van der Waals surface area (Å²) in [7, 11) is 0. The van der Waals surface area contributed by atoms with Crippen LogP contribution in [0.5, 0.6) is 0 Å². The highest BCUT2D eigenvalue weighted by Crippen LogP contribution is 2.52. The molecular weight excluding hydrogens is 862 g/mol. The Kier molecular flexibility index (Phi) is 9.98. The van der Waals surface area contributed by atoms with Gasteiger partial charge in [0.15, 0.2) is 21.3 Å². The highest BCUT2D eigenvalue weighted by Gasteiger charge is 2.49. The van der Waals surface area contributed by atoms with Gasteiger partial charge in [-0.1, -0.05) is 34.5 Å². The molecule has 2 aliphatic carbocycles. The topological polar surface area (TPSA) is 133 Å². The average Bonchev–Trinajstić information content (AvgIpc) is 3.87. The number of alkyl halides is 9. The maximum Gasteiger partial charge on any atom is 0.435 e. The number of fused-ring (bicyclic) bond motifs is 2. The van der Waals surface area contributed by atoms with E-state index < -0.39 is 58.7 Å². The van der Waals surface area contributed by atoms with Crippen LogP contribution in [0.2, 0.25) is 10.3 Å². The van der Waals surface area contributed by atoms with Gasteiger partial charge in [-0.2, -0.15) is 55.0 Å². The fraction of sp³-hybridized carbons (Fsp3) is 0.375. The third-order valence-electron chi connectivity index (χ3n) is 8.90. The Labute approximate surface area is 329 Å². The zero-order valence-electron chi connectivity index (χ0n) is 28.2. The standard InChI is InChI=1S/C16H8ClF6N5OS.C16H11ClF3N5OS/c17-10-3-9(15(18,19)20)26-27(10)5-7-2-11(29)28-12(8-1-6(8)4-24)13(16(21,22)23)30-14(28)25-7;1-7-14(9-4-10(9)21-2)25-13(26)3-8(22-15(25)27-7)6-24-12(17)5-11(23-24)16(18,19)20/h2-3,6,8H,1,5H2;3,5,9-10H,4,6H2,1H3/t6-,8-;9-,10+/m01/s1. The second kappa shape index (κ2) is 14.1. The van der Waals surface area contributed by atoms with E-state index >= 15 is 0 Å². The smallest absolute Gasteiger partial charge is 0.313 e. The first-order valence-electron chi connectivity index (χ1n) is 16.1. The molecule has 0 spiro atoms. The molecule has 0 saturated heterocycles. The number of halogens is 11.